The van der Waals surface area contributed by atoms with Gasteiger partial charge < -0.3 is 0 Å². The molecule has 20 heavy (non-hydrogen) atoms. The molecule has 2 nitrogen and oxygen atoms in total. The van der Waals surface area contributed by atoms with E-state index in [1.54, 1.807) is 0 Å². The highest BCUT2D eigenvalue weighted by atomic mass is 79.9. The first-order valence-corrected chi connectivity index (χ1v) is 8.81. The van der Waals surface area contributed by atoms with Crippen molar-refractivity contribution in [3.8, 4) is 0 Å². The van der Waals surface area contributed by atoms with Gasteiger partial charge in [0.25, 0.3) is 0 Å². The summed E-state index contributed by atoms with van der Waals surface area (Å²) in [7, 11) is 2.03. The van der Waals surface area contributed by atoms with Crippen molar-refractivity contribution in [2.24, 2.45) is 7.05 Å². The fourth-order valence-electron chi connectivity index (χ4n) is 2.38. The molecule has 1 aromatic heterocycles. The van der Waals surface area contributed by atoms with Crippen LogP contribution in [0.3, 0.4) is 0 Å². The lowest BCUT2D eigenvalue weighted by Gasteiger charge is -2.15. The molecule has 1 aromatic carbocycles. The third-order valence-corrected chi connectivity index (χ3v) is 5.37. The largest absolute Gasteiger partial charge is 0.271 e. The number of benzene rings is 1. The van der Waals surface area contributed by atoms with Crippen molar-refractivity contribution in [3.05, 3.63) is 51.3 Å². The van der Waals surface area contributed by atoms with Crippen molar-refractivity contribution in [3.63, 3.8) is 0 Å². The molecule has 0 aliphatic heterocycles. The summed E-state index contributed by atoms with van der Waals surface area (Å²) >= 11 is 7.36. The van der Waals surface area contributed by atoms with E-state index in [0.717, 1.165) is 23.9 Å². The van der Waals surface area contributed by atoms with E-state index in [0.29, 0.717) is 5.92 Å². The lowest BCUT2D eigenvalue weighted by atomic mass is 9.95. The normalized spacial score (nSPS) is 12.7. The van der Waals surface area contributed by atoms with E-state index in [-0.39, 0.29) is 0 Å². The third kappa shape index (κ3) is 3.34. The molecule has 2 rings (SSSR count). The molecule has 1 heterocycles. The highest BCUT2D eigenvalue weighted by Crippen LogP contribution is 2.29. The van der Waals surface area contributed by atoms with Gasteiger partial charge in [-0.15, -0.1) is 0 Å². The van der Waals surface area contributed by atoms with Gasteiger partial charge in [-0.25, -0.2) is 0 Å². The number of hydrogen-bond acceptors (Lipinski definition) is 1. The molecule has 0 saturated heterocycles. The first-order chi connectivity index (χ1) is 9.56. The number of aryl methyl sites for hydroxylation is 3. The van der Waals surface area contributed by atoms with Crippen LogP contribution in [-0.2, 0) is 19.9 Å². The van der Waals surface area contributed by atoms with Crippen LogP contribution in [0.4, 0.5) is 0 Å². The summed E-state index contributed by atoms with van der Waals surface area (Å²) in [6, 6.07) is 8.82. The molecule has 1 unspecified atom stereocenters. The van der Waals surface area contributed by atoms with Gasteiger partial charge in [0, 0.05) is 12.4 Å². The summed E-state index contributed by atoms with van der Waals surface area (Å²) < 4.78 is 3.17. The van der Waals surface area contributed by atoms with E-state index >= 15 is 0 Å². The Morgan fingerprint density at radius 1 is 1.25 bits per heavy atom. The predicted octanol–water partition coefficient (Wildman–Crippen LogP) is 4.77. The highest BCUT2D eigenvalue weighted by Gasteiger charge is 2.18. The van der Waals surface area contributed by atoms with Crippen molar-refractivity contribution in [2.45, 2.75) is 32.6 Å². The van der Waals surface area contributed by atoms with E-state index in [1.165, 1.54) is 21.3 Å². The zero-order chi connectivity index (χ0) is 14.7. The molecule has 1 atom stereocenters. The number of nitrogens with zero attached hydrogens (tertiary/aromatic N) is 2. The van der Waals surface area contributed by atoms with Gasteiger partial charge in [0.1, 0.15) is 0 Å². The Balaban J connectivity index is 2.26. The SMILES string of the molecule is CCc1nn(C)c(CC(CBr)c2ccc(C)cc2)c1Br. The molecule has 0 saturated carbocycles. The Labute approximate surface area is 137 Å². The van der Waals surface area contributed by atoms with Crippen LogP contribution in [0.25, 0.3) is 0 Å². The molecule has 0 fully saturated rings. The third-order valence-electron chi connectivity index (χ3n) is 3.68. The molecule has 2 aromatic rings. The van der Waals surface area contributed by atoms with Crippen LogP contribution in [0.5, 0.6) is 0 Å². The fourth-order valence-corrected chi connectivity index (χ4v) is 3.76. The standard InChI is InChI=1S/C16H20Br2N2/c1-4-14-16(18)15(20(3)19-14)9-13(10-17)12-7-5-11(2)6-8-12/h5-8,13H,4,9-10H2,1-3H3. The average Bonchev–Trinajstić information content (AvgIpc) is 2.72. The molecular weight excluding hydrogens is 380 g/mol. The van der Waals surface area contributed by atoms with Crippen molar-refractivity contribution in [1.82, 2.24) is 9.78 Å². The molecule has 0 aliphatic rings. The van der Waals surface area contributed by atoms with Gasteiger partial charge in [0.05, 0.1) is 15.9 Å². The molecular formula is C16H20Br2N2. The maximum atomic E-state index is 4.58. The summed E-state index contributed by atoms with van der Waals surface area (Å²) in [6.45, 7) is 4.26. The minimum atomic E-state index is 0.465. The summed E-state index contributed by atoms with van der Waals surface area (Å²) in [5, 5.41) is 5.53. The summed E-state index contributed by atoms with van der Waals surface area (Å²) in [4.78, 5) is 0. The second-order valence-corrected chi connectivity index (χ2v) is 6.59. The summed E-state index contributed by atoms with van der Waals surface area (Å²) in [5.74, 6) is 0.465. The first-order valence-electron chi connectivity index (χ1n) is 6.89. The van der Waals surface area contributed by atoms with Gasteiger partial charge >= 0.3 is 0 Å². The second kappa shape index (κ2) is 6.90. The quantitative estimate of drug-likeness (QED) is 0.661. The summed E-state index contributed by atoms with van der Waals surface area (Å²) in [6.07, 6.45) is 1.94. The Bertz CT molecular complexity index is 573. The van der Waals surface area contributed by atoms with Crippen LogP contribution in [0.2, 0.25) is 0 Å². The van der Waals surface area contributed by atoms with E-state index < -0.39 is 0 Å². The van der Waals surface area contributed by atoms with Crippen LogP contribution in [-0.4, -0.2) is 15.1 Å². The van der Waals surface area contributed by atoms with Gasteiger partial charge in [-0.1, -0.05) is 52.7 Å². The van der Waals surface area contributed by atoms with Gasteiger partial charge in [0.2, 0.25) is 0 Å². The lowest BCUT2D eigenvalue weighted by molar-refractivity contribution is 0.657. The molecule has 0 amide bonds. The van der Waals surface area contributed by atoms with Crippen molar-refractivity contribution >= 4 is 31.9 Å². The predicted molar refractivity (Wildman–Crippen MR) is 91.7 cm³/mol. The van der Waals surface area contributed by atoms with Gasteiger partial charge in [0.15, 0.2) is 0 Å². The van der Waals surface area contributed by atoms with Crippen LogP contribution in [0.15, 0.2) is 28.7 Å². The molecule has 4 heteroatoms. The molecule has 0 N–H and O–H groups in total. The zero-order valence-corrected chi connectivity index (χ0v) is 15.3. The molecule has 108 valence electrons. The second-order valence-electron chi connectivity index (χ2n) is 5.15. The number of halogens is 2. The Morgan fingerprint density at radius 3 is 2.40 bits per heavy atom. The van der Waals surface area contributed by atoms with Crippen LogP contribution >= 0.6 is 31.9 Å². The van der Waals surface area contributed by atoms with Crippen LogP contribution in [0.1, 0.15) is 35.4 Å². The Kier molecular flexibility index (Phi) is 5.44. The van der Waals surface area contributed by atoms with Crippen LogP contribution in [0, 0.1) is 6.92 Å². The number of rotatable bonds is 5. The highest BCUT2D eigenvalue weighted by molar-refractivity contribution is 9.10. The average molecular weight is 400 g/mol. The van der Waals surface area contributed by atoms with Gasteiger partial charge in [-0.3, -0.25) is 4.68 Å². The van der Waals surface area contributed by atoms with E-state index in [9.17, 15) is 0 Å². The van der Waals surface area contributed by atoms with Crippen molar-refractivity contribution in [1.29, 1.82) is 0 Å². The topological polar surface area (TPSA) is 17.8 Å². The van der Waals surface area contributed by atoms with E-state index in [1.807, 2.05) is 11.7 Å². The molecule has 0 aliphatic carbocycles. The fraction of sp³-hybridized carbons (Fsp3) is 0.438. The maximum Gasteiger partial charge on any atom is 0.0766 e. The van der Waals surface area contributed by atoms with Gasteiger partial charge in [-0.05, 0) is 47.2 Å². The molecule has 0 radical (unpaired) electrons. The molecule has 0 spiro atoms. The number of aromatic nitrogens is 2. The maximum absolute atomic E-state index is 4.58. The smallest absolute Gasteiger partial charge is 0.0766 e. The summed E-state index contributed by atoms with van der Waals surface area (Å²) in [5.41, 5.74) is 5.09. The van der Waals surface area contributed by atoms with E-state index in [4.69, 9.17) is 0 Å². The minimum absolute atomic E-state index is 0.465. The number of hydrogen-bond donors (Lipinski definition) is 0. The van der Waals surface area contributed by atoms with Crippen molar-refractivity contribution in [2.75, 3.05) is 5.33 Å². The Morgan fingerprint density at radius 2 is 1.90 bits per heavy atom. The first kappa shape index (κ1) is 15.8. The zero-order valence-electron chi connectivity index (χ0n) is 12.2. The van der Waals surface area contributed by atoms with Crippen molar-refractivity contribution < 1.29 is 0 Å². The monoisotopic (exact) mass is 398 g/mol. The Hall–Kier alpha value is -0.610. The van der Waals surface area contributed by atoms with Crippen LogP contribution < -0.4 is 0 Å². The minimum Gasteiger partial charge on any atom is -0.271 e. The van der Waals surface area contributed by atoms with Gasteiger partial charge in [-0.2, -0.15) is 5.10 Å². The number of alkyl halides is 1. The lowest BCUT2D eigenvalue weighted by Crippen LogP contribution is -2.08. The van der Waals surface area contributed by atoms with E-state index in [2.05, 4.69) is 75.1 Å². The molecule has 0 bridgehead atoms.